The van der Waals surface area contributed by atoms with Crippen LogP contribution in [0.15, 0.2) is 54.6 Å². The van der Waals surface area contributed by atoms with Crippen molar-refractivity contribution in [2.45, 2.75) is 44.3 Å². The van der Waals surface area contributed by atoms with E-state index in [1.54, 1.807) is 36.2 Å². The molecule has 2 aromatic rings. The third-order valence-corrected chi connectivity index (χ3v) is 7.98. The average Bonchev–Trinajstić information content (AvgIpc) is 3.03. The number of rotatable bonds is 5. The third kappa shape index (κ3) is 7.86. The number of amides is 4. The summed E-state index contributed by atoms with van der Waals surface area (Å²) in [6.45, 7) is 4.96. The van der Waals surface area contributed by atoms with Crippen molar-refractivity contribution in [3.63, 3.8) is 0 Å². The lowest BCUT2D eigenvalue weighted by Gasteiger charge is -2.36. The number of fused-ring (bicyclic) bond motifs is 1. The fraction of sp³-hybridized carbons (Fsp3) is 0.484. The lowest BCUT2D eigenvalue weighted by Crippen LogP contribution is -2.55. The zero-order valence-electron chi connectivity index (χ0n) is 24.3. The molecule has 11 nitrogen and oxygen atoms in total. The fourth-order valence-corrected chi connectivity index (χ4v) is 5.31. The molecule has 4 rings (SSSR count). The number of para-hydroxylation sites is 1. The number of benzene rings is 2. The van der Waals surface area contributed by atoms with E-state index in [0.29, 0.717) is 25.3 Å². The summed E-state index contributed by atoms with van der Waals surface area (Å²) in [5, 5.41) is 15.5. The van der Waals surface area contributed by atoms with E-state index in [1.807, 2.05) is 30.3 Å². The number of piperazine rings is 1. The molecule has 3 N–H and O–H groups in total. The zero-order valence-corrected chi connectivity index (χ0v) is 24.3. The average molecular weight is 580 g/mol. The molecule has 1 fully saturated rings. The highest BCUT2D eigenvalue weighted by Crippen LogP contribution is 2.21. The number of aliphatic hydroxyl groups excluding tert-OH is 1. The second kappa shape index (κ2) is 14.8. The van der Waals surface area contributed by atoms with Gasteiger partial charge in [0.2, 0.25) is 17.7 Å². The van der Waals surface area contributed by atoms with E-state index in [0.717, 1.165) is 25.2 Å². The molecule has 0 aromatic heterocycles. The summed E-state index contributed by atoms with van der Waals surface area (Å²) in [7, 11) is 1.61. The summed E-state index contributed by atoms with van der Waals surface area (Å²) >= 11 is 0. The lowest BCUT2D eigenvalue weighted by molar-refractivity contribution is -0.139. The monoisotopic (exact) mass is 579 g/mol. The smallest absolute Gasteiger partial charge is 0.255 e. The number of nitrogens with zero attached hydrogens (tertiary/aromatic N) is 3. The maximum atomic E-state index is 13.6. The van der Waals surface area contributed by atoms with Crippen LogP contribution in [0.5, 0.6) is 5.75 Å². The van der Waals surface area contributed by atoms with Crippen LogP contribution in [0.2, 0.25) is 0 Å². The first kappa shape index (κ1) is 31.0. The Balaban J connectivity index is 1.62. The number of carbonyl (C=O) groups excluding carboxylic acids is 4. The minimum Gasteiger partial charge on any atom is -0.491 e. The Hall–Kier alpha value is -3.96. The second-order valence-electron chi connectivity index (χ2n) is 10.7. The molecular formula is C31H41N5O6. The van der Waals surface area contributed by atoms with Crippen molar-refractivity contribution in [1.29, 1.82) is 0 Å². The minimum absolute atomic E-state index is 0.0340. The maximum absolute atomic E-state index is 13.6. The predicted octanol–water partition coefficient (Wildman–Crippen LogP) is 0.669. The van der Waals surface area contributed by atoms with Crippen LogP contribution in [0.25, 0.3) is 0 Å². The molecule has 42 heavy (non-hydrogen) atoms. The van der Waals surface area contributed by atoms with Crippen LogP contribution in [-0.4, -0.2) is 115 Å². The van der Waals surface area contributed by atoms with Gasteiger partial charge in [-0.1, -0.05) is 49.4 Å². The van der Waals surface area contributed by atoms with Gasteiger partial charge >= 0.3 is 0 Å². The van der Waals surface area contributed by atoms with Crippen molar-refractivity contribution in [3.05, 3.63) is 65.7 Å². The number of hydrogen-bond donors (Lipinski definition) is 3. The number of likely N-dealkylation sites (N-methyl/N-ethyl adjacent to an activating group) is 2. The van der Waals surface area contributed by atoms with Crippen molar-refractivity contribution in [3.8, 4) is 5.75 Å². The first-order chi connectivity index (χ1) is 20.3. The van der Waals surface area contributed by atoms with Crippen LogP contribution in [-0.2, 0) is 20.8 Å². The highest BCUT2D eigenvalue weighted by atomic mass is 16.5. The first-order valence-electron chi connectivity index (χ1n) is 14.5. The summed E-state index contributed by atoms with van der Waals surface area (Å²) in [6, 6.07) is 13.8. The van der Waals surface area contributed by atoms with Crippen molar-refractivity contribution in [1.82, 2.24) is 25.3 Å². The summed E-state index contributed by atoms with van der Waals surface area (Å²) in [5.41, 5.74) is 1.23. The molecule has 0 aliphatic carbocycles. The van der Waals surface area contributed by atoms with E-state index >= 15 is 0 Å². The number of aliphatic hydroxyl groups is 1. The van der Waals surface area contributed by atoms with Crippen LogP contribution in [0.1, 0.15) is 35.7 Å². The highest BCUT2D eigenvalue weighted by molar-refractivity contribution is 6.00. The topological polar surface area (TPSA) is 132 Å². The quantitative estimate of drug-likeness (QED) is 0.475. The van der Waals surface area contributed by atoms with Crippen molar-refractivity contribution in [2.24, 2.45) is 0 Å². The van der Waals surface area contributed by atoms with E-state index in [2.05, 4.69) is 22.5 Å². The number of carbonyl (C=O) groups is 4. The van der Waals surface area contributed by atoms with Gasteiger partial charge in [-0.25, -0.2) is 0 Å². The van der Waals surface area contributed by atoms with Gasteiger partial charge in [0.15, 0.2) is 0 Å². The Morgan fingerprint density at radius 3 is 2.36 bits per heavy atom. The van der Waals surface area contributed by atoms with Gasteiger partial charge in [-0.3, -0.25) is 19.2 Å². The summed E-state index contributed by atoms with van der Waals surface area (Å²) in [4.78, 5) is 59.0. The summed E-state index contributed by atoms with van der Waals surface area (Å²) < 4.78 is 6.16. The molecule has 4 amide bonds. The maximum Gasteiger partial charge on any atom is 0.255 e. The van der Waals surface area contributed by atoms with Crippen LogP contribution >= 0.6 is 0 Å². The molecule has 0 radical (unpaired) electrons. The lowest BCUT2D eigenvalue weighted by atomic mass is 10.0. The molecule has 226 valence electrons. The van der Waals surface area contributed by atoms with Crippen LogP contribution in [0.3, 0.4) is 0 Å². The van der Waals surface area contributed by atoms with Gasteiger partial charge in [0.05, 0.1) is 18.2 Å². The molecule has 3 atom stereocenters. The van der Waals surface area contributed by atoms with Gasteiger partial charge in [-0.2, -0.15) is 0 Å². The highest BCUT2D eigenvalue weighted by Gasteiger charge is 2.32. The number of ether oxygens (including phenoxy) is 1. The normalized spacial score (nSPS) is 23.1. The Kier molecular flexibility index (Phi) is 10.9. The van der Waals surface area contributed by atoms with E-state index in [9.17, 15) is 24.3 Å². The third-order valence-electron chi connectivity index (χ3n) is 7.98. The molecule has 2 aromatic carbocycles. The molecular weight excluding hydrogens is 538 g/mol. The van der Waals surface area contributed by atoms with Crippen molar-refractivity contribution >= 4 is 23.6 Å². The Morgan fingerprint density at radius 1 is 0.976 bits per heavy atom. The van der Waals surface area contributed by atoms with Gasteiger partial charge in [0.1, 0.15) is 24.4 Å². The standard InChI is InChI=1S/C31H41N5O6/c1-3-35-15-17-36(18-16-35)31(41)25-13-14-28(38)32-26(20-37)30(40)34(2)23(19-22-9-5-4-6-10-22)21-42-27-12-8-7-11-24(27)29(39)33-25/h4-12,23,25-26,37H,3,13-21H2,1-2H3,(H,32,38)(H,33,39)/t23-,25+,26+/m1/s1. The van der Waals surface area contributed by atoms with Gasteiger partial charge in [-0.05, 0) is 37.1 Å². The van der Waals surface area contributed by atoms with Crippen LogP contribution < -0.4 is 15.4 Å². The molecule has 0 bridgehead atoms. The van der Waals surface area contributed by atoms with E-state index in [-0.39, 0.29) is 30.9 Å². The summed E-state index contributed by atoms with van der Waals surface area (Å²) in [5.74, 6) is -1.38. The van der Waals surface area contributed by atoms with E-state index in [1.165, 1.54) is 4.90 Å². The largest absolute Gasteiger partial charge is 0.491 e. The minimum atomic E-state index is -1.16. The van der Waals surface area contributed by atoms with Crippen LogP contribution in [0.4, 0.5) is 0 Å². The Labute approximate surface area is 246 Å². The Morgan fingerprint density at radius 2 is 1.67 bits per heavy atom. The van der Waals surface area contributed by atoms with E-state index in [4.69, 9.17) is 4.74 Å². The van der Waals surface area contributed by atoms with E-state index < -0.39 is 42.5 Å². The molecule has 0 saturated carbocycles. The predicted molar refractivity (Wildman–Crippen MR) is 157 cm³/mol. The van der Waals surface area contributed by atoms with Crippen molar-refractivity contribution in [2.75, 3.05) is 53.0 Å². The van der Waals surface area contributed by atoms with Gasteiger partial charge < -0.3 is 35.2 Å². The molecule has 2 aliphatic heterocycles. The molecule has 11 heteroatoms. The summed E-state index contributed by atoms with van der Waals surface area (Å²) in [6.07, 6.45) is 0.363. The number of nitrogens with one attached hydrogen (secondary N) is 2. The fourth-order valence-electron chi connectivity index (χ4n) is 5.31. The zero-order chi connectivity index (χ0) is 30.1. The van der Waals surface area contributed by atoms with Crippen molar-refractivity contribution < 1.29 is 29.0 Å². The first-order valence-corrected chi connectivity index (χ1v) is 14.5. The second-order valence-corrected chi connectivity index (χ2v) is 10.7. The number of hydrogen-bond acceptors (Lipinski definition) is 7. The molecule has 0 spiro atoms. The SMILES string of the molecule is CCN1CCN(C(=O)[C@@H]2CCC(=O)N[C@@H](CO)C(=O)N(C)[C@H](Cc3ccccc3)COc3ccccc3C(=O)N2)CC1. The van der Waals surface area contributed by atoms with Gasteiger partial charge in [0.25, 0.3) is 5.91 Å². The molecule has 2 heterocycles. The molecule has 2 aliphatic rings. The van der Waals surface area contributed by atoms with Gasteiger partial charge in [0, 0.05) is 39.6 Å². The molecule has 0 unspecified atom stereocenters. The van der Waals surface area contributed by atoms with Gasteiger partial charge in [-0.15, -0.1) is 0 Å². The Bertz CT molecular complexity index is 1230. The molecule has 1 saturated heterocycles. The van der Waals surface area contributed by atoms with Crippen LogP contribution in [0, 0.1) is 0 Å².